The summed E-state index contributed by atoms with van der Waals surface area (Å²) in [4.78, 5) is 42.8. The van der Waals surface area contributed by atoms with E-state index in [-0.39, 0.29) is 6.54 Å². The molecule has 2 heterocycles. The third-order valence-electron chi connectivity index (χ3n) is 3.82. The highest BCUT2D eigenvalue weighted by Crippen LogP contribution is 2.33. The maximum atomic E-state index is 12.3. The highest BCUT2D eigenvalue weighted by atomic mass is 35.5. The molecule has 0 saturated carbocycles. The van der Waals surface area contributed by atoms with Gasteiger partial charge in [0.1, 0.15) is 6.54 Å². The van der Waals surface area contributed by atoms with Gasteiger partial charge in [-0.2, -0.15) is 0 Å². The number of imide groups is 1. The van der Waals surface area contributed by atoms with Gasteiger partial charge in [-0.3, -0.25) is 19.3 Å². The minimum absolute atomic E-state index is 0.354. The predicted octanol–water partition coefficient (Wildman–Crippen LogP) is 4.97. The average Bonchev–Trinajstić information content (AvgIpc) is 3.17. The molecular weight excluding hydrogens is 441 g/mol. The van der Waals surface area contributed by atoms with Gasteiger partial charge in [-0.25, -0.2) is 4.98 Å². The summed E-state index contributed by atoms with van der Waals surface area (Å²) >= 11 is 14.5. The van der Waals surface area contributed by atoms with Gasteiger partial charge in [0.05, 0.1) is 4.91 Å². The molecule has 1 saturated heterocycles. The fourth-order valence-corrected chi connectivity index (χ4v) is 4.67. The van der Waals surface area contributed by atoms with Gasteiger partial charge < -0.3 is 5.32 Å². The van der Waals surface area contributed by atoms with Crippen molar-refractivity contribution in [3.05, 3.63) is 55.4 Å². The van der Waals surface area contributed by atoms with Crippen LogP contribution >= 0.6 is 46.3 Å². The summed E-state index contributed by atoms with van der Waals surface area (Å²) in [7, 11) is 0. The van der Waals surface area contributed by atoms with Gasteiger partial charge >= 0.3 is 0 Å². The molecule has 1 aromatic heterocycles. The number of thioether (sulfide) groups is 1. The number of amides is 3. The number of hydrogen-bond donors (Lipinski definition) is 1. The first-order chi connectivity index (χ1) is 13.3. The number of thiazole rings is 1. The van der Waals surface area contributed by atoms with Crippen LogP contribution in [0, 0.1) is 0 Å². The van der Waals surface area contributed by atoms with E-state index < -0.39 is 17.1 Å². The Labute approximate surface area is 179 Å². The van der Waals surface area contributed by atoms with Gasteiger partial charge in [-0.05, 0) is 43.3 Å². The van der Waals surface area contributed by atoms with E-state index in [1.54, 1.807) is 38.2 Å². The fourth-order valence-electron chi connectivity index (χ4n) is 2.47. The topological polar surface area (TPSA) is 79.4 Å². The van der Waals surface area contributed by atoms with E-state index in [1.807, 2.05) is 0 Å². The lowest BCUT2D eigenvalue weighted by Crippen LogP contribution is -2.36. The van der Waals surface area contributed by atoms with Crippen molar-refractivity contribution < 1.29 is 14.4 Å². The molecule has 0 bridgehead atoms. The molecule has 1 fully saturated rings. The number of aromatic nitrogens is 1. The van der Waals surface area contributed by atoms with Crippen LogP contribution in [0.3, 0.4) is 0 Å². The lowest BCUT2D eigenvalue weighted by Gasteiger charge is -2.11. The smallest absolute Gasteiger partial charge is 0.294 e. The number of allylic oxidation sites excluding steroid dienone is 1. The van der Waals surface area contributed by atoms with Crippen LogP contribution < -0.4 is 5.32 Å². The second-order valence-electron chi connectivity index (χ2n) is 6.15. The van der Waals surface area contributed by atoms with Crippen LogP contribution in [0.15, 0.2) is 34.9 Å². The van der Waals surface area contributed by atoms with Crippen molar-refractivity contribution in [2.75, 3.05) is 11.9 Å². The van der Waals surface area contributed by atoms with Crippen molar-refractivity contribution in [1.29, 1.82) is 0 Å². The van der Waals surface area contributed by atoms with Crippen LogP contribution in [0.5, 0.6) is 0 Å². The molecule has 2 aromatic rings. The van der Waals surface area contributed by atoms with Gasteiger partial charge in [0.15, 0.2) is 5.13 Å². The number of carbonyl (C=O) groups is 3. The van der Waals surface area contributed by atoms with Gasteiger partial charge in [-0.1, -0.05) is 34.8 Å². The molecular formula is C18H15Cl2N3O3S2. The molecule has 0 atom stereocenters. The second kappa shape index (κ2) is 8.65. The van der Waals surface area contributed by atoms with E-state index >= 15 is 0 Å². The van der Waals surface area contributed by atoms with Crippen LogP contribution in [-0.4, -0.2) is 33.5 Å². The number of nitrogens with one attached hydrogen (secondary N) is 1. The predicted molar refractivity (Wildman–Crippen MR) is 113 cm³/mol. The molecule has 0 radical (unpaired) electrons. The molecule has 0 unspecified atom stereocenters. The van der Waals surface area contributed by atoms with Crippen molar-refractivity contribution in [1.82, 2.24) is 9.88 Å². The monoisotopic (exact) mass is 455 g/mol. The number of anilines is 1. The summed E-state index contributed by atoms with van der Waals surface area (Å²) in [5.74, 6) is -0.938. The summed E-state index contributed by atoms with van der Waals surface area (Å²) in [6, 6.07) is 5.29. The zero-order valence-corrected chi connectivity index (χ0v) is 18.1. The van der Waals surface area contributed by atoms with Crippen molar-refractivity contribution in [3.8, 4) is 0 Å². The Kier molecular flexibility index (Phi) is 6.44. The molecule has 1 aromatic carbocycles. The Bertz CT molecular complexity index is 979. The molecule has 3 amide bonds. The molecule has 6 nitrogen and oxygen atoms in total. The first-order valence-corrected chi connectivity index (χ1v) is 10.5. The van der Waals surface area contributed by atoms with Gasteiger partial charge in [0.2, 0.25) is 5.91 Å². The maximum absolute atomic E-state index is 12.3. The third kappa shape index (κ3) is 4.57. The largest absolute Gasteiger partial charge is 0.300 e. The molecule has 1 N–H and O–H groups in total. The number of benzene rings is 1. The molecule has 0 aliphatic carbocycles. The number of nitrogens with zero attached hydrogens (tertiary/aromatic N) is 2. The minimum atomic E-state index is -0.492. The van der Waals surface area contributed by atoms with Crippen LogP contribution in [0.1, 0.15) is 24.3 Å². The number of carbonyl (C=O) groups excluding carboxylic acids is 3. The molecule has 3 rings (SSSR count). The highest BCUT2D eigenvalue weighted by Gasteiger charge is 2.36. The summed E-state index contributed by atoms with van der Waals surface area (Å²) in [6.45, 7) is 3.14. The summed E-state index contributed by atoms with van der Waals surface area (Å²) in [5.41, 5.74) is 1.53. The first-order valence-electron chi connectivity index (χ1n) is 8.15. The molecule has 0 spiro atoms. The Hall–Kier alpha value is -1.87. The normalized spacial score (nSPS) is 14.0. The molecule has 1 aliphatic rings. The molecule has 28 heavy (non-hydrogen) atoms. The Morgan fingerprint density at radius 2 is 1.89 bits per heavy atom. The Morgan fingerprint density at radius 1 is 1.21 bits per heavy atom. The van der Waals surface area contributed by atoms with E-state index in [4.69, 9.17) is 23.2 Å². The summed E-state index contributed by atoms with van der Waals surface area (Å²) in [5, 5.41) is 3.66. The van der Waals surface area contributed by atoms with E-state index in [0.717, 1.165) is 32.7 Å². The average molecular weight is 456 g/mol. The van der Waals surface area contributed by atoms with E-state index in [2.05, 4.69) is 10.3 Å². The lowest BCUT2D eigenvalue weighted by molar-refractivity contribution is -0.127. The van der Waals surface area contributed by atoms with E-state index in [1.165, 1.54) is 11.3 Å². The lowest BCUT2D eigenvalue weighted by atomic mass is 10.1. The van der Waals surface area contributed by atoms with E-state index in [0.29, 0.717) is 26.5 Å². The van der Waals surface area contributed by atoms with Gasteiger partial charge in [0, 0.05) is 27.5 Å². The van der Waals surface area contributed by atoms with Crippen LogP contribution in [0.2, 0.25) is 10.0 Å². The summed E-state index contributed by atoms with van der Waals surface area (Å²) in [6.07, 6.45) is 2.11. The van der Waals surface area contributed by atoms with Crippen molar-refractivity contribution >= 4 is 68.5 Å². The van der Waals surface area contributed by atoms with Gasteiger partial charge in [-0.15, -0.1) is 11.3 Å². The van der Waals surface area contributed by atoms with Crippen molar-refractivity contribution in [3.63, 3.8) is 0 Å². The SMILES string of the molecule is CC(C)=C1SC(=O)N(CC(=O)Nc2ncc(Cc3c(Cl)cccc3Cl)s2)C1=O. The standard InChI is InChI=1S/C18H15Cl2N3O3S2/c1-9(2)15-16(25)23(18(26)28-15)8-14(24)22-17-21-7-10(27-17)6-11-12(19)4-3-5-13(11)20/h3-5,7H,6,8H2,1-2H3,(H,21,22,24). The second-order valence-corrected chi connectivity index (χ2v) is 9.04. The first kappa shape index (κ1) is 20.9. The minimum Gasteiger partial charge on any atom is -0.300 e. The third-order valence-corrected chi connectivity index (χ3v) is 6.62. The zero-order chi connectivity index (χ0) is 20.4. The van der Waals surface area contributed by atoms with Crippen LogP contribution in [0.4, 0.5) is 9.93 Å². The molecule has 146 valence electrons. The van der Waals surface area contributed by atoms with Crippen molar-refractivity contribution in [2.24, 2.45) is 0 Å². The summed E-state index contributed by atoms with van der Waals surface area (Å²) < 4.78 is 0. The Morgan fingerprint density at radius 3 is 2.50 bits per heavy atom. The number of hydrogen-bond acceptors (Lipinski definition) is 6. The Balaban J connectivity index is 1.64. The molecule has 1 aliphatic heterocycles. The fraction of sp³-hybridized carbons (Fsp3) is 0.222. The quantitative estimate of drug-likeness (QED) is 0.643. The number of rotatable bonds is 5. The van der Waals surface area contributed by atoms with Crippen molar-refractivity contribution in [2.45, 2.75) is 20.3 Å². The van der Waals surface area contributed by atoms with Gasteiger partial charge in [0.25, 0.3) is 11.1 Å². The van der Waals surface area contributed by atoms with E-state index in [9.17, 15) is 14.4 Å². The van der Waals surface area contributed by atoms with Crippen LogP contribution in [0.25, 0.3) is 0 Å². The zero-order valence-electron chi connectivity index (χ0n) is 14.9. The molecule has 10 heteroatoms. The highest BCUT2D eigenvalue weighted by molar-refractivity contribution is 8.18. The number of halogens is 2. The van der Waals surface area contributed by atoms with Crippen LogP contribution in [-0.2, 0) is 16.0 Å². The maximum Gasteiger partial charge on any atom is 0.294 e.